The third kappa shape index (κ3) is 5.55. The topological polar surface area (TPSA) is 67.8 Å². The van der Waals surface area contributed by atoms with Crippen molar-refractivity contribution in [3.8, 4) is 0 Å². The van der Waals surface area contributed by atoms with E-state index in [-0.39, 0.29) is 6.54 Å². The maximum atomic E-state index is 11.7. The second-order valence-electron chi connectivity index (χ2n) is 4.84. The number of isocyanates is 1. The second kappa shape index (κ2) is 6.36. The normalized spacial score (nSPS) is 10.5. The molecule has 0 aliphatic rings. The number of aliphatic imine (C=N–C) groups is 1. The first kappa shape index (κ1) is 15.2. The van der Waals surface area contributed by atoms with Gasteiger partial charge in [-0.2, -0.15) is 0 Å². The van der Waals surface area contributed by atoms with Gasteiger partial charge in [0.1, 0.15) is 5.60 Å². The lowest BCUT2D eigenvalue weighted by atomic mass is 10.2. The first-order valence-corrected chi connectivity index (χ1v) is 6.01. The third-order valence-corrected chi connectivity index (χ3v) is 2.26. The van der Waals surface area contributed by atoms with Crippen molar-refractivity contribution in [3.05, 3.63) is 28.8 Å². The van der Waals surface area contributed by atoms with Crippen LogP contribution in [0.4, 0.5) is 10.5 Å². The summed E-state index contributed by atoms with van der Waals surface area (Å²) in [6.45, 7) is 5.41. The van der Waals surface area contributed by atoms with E-state index in [2.05, 4.69) is 10.3 Å². The highest BCUT2D eigenvalue weighted by atomic mass is 35.5. The molecule has 0 spiro atoms. The lowest BCUT2D eigenvalue weighted by Crippen LogP contribution is -2.27. The van der Waals surface area contributed by atoms with Crippen molar-refractivity contribution in [3.63, 3.8) is 0 Å². The van der Waals surface area contributed by atoms with Crippen molar-refractivity contribution in [1.82, 2.24) is 0 Å². The molecule has 0 radical (unpaired) electrons. The van der Waals surface area contributed by atoms with Crippen molar-refractivity contribution >= 4 is 29.5 Å². The molecular weight excluding hydrogens is 268 g/mol. The lowest BCUT2D eigenvalue weighted by Gasteiger charge is -2.20. The highest BCUT2D eigenvalue weighted by molar-refractivity contribution is 6.31. The van der Waals surface area contributed by atoms with E-state index >= 15 is 0 Å². The summed E-state index contributed by atoms with van der Waals surface area (Å²) >= 11 is 5.87. The molecule has 5 nitrogen and oxygen atoms in total. The Bertz CT molecular complexity index is 517. The van der Waals surface area contributed by atoms with Crippen molar-refractivity contribution < 1.29 is 14.3 Å². The second-order valence-corrected chi connectivity index (χ2v) is 5.27. The molecule has 1 aromatic carbocycles. The number of hydrogen-bond acceptors (Lipinski definition) is 4. The van der Waals surface area contributed by atoms with E-state index in [0.29, 0.717) is 16.3 Å². The van der Waals surface area contributed by atoms with E-state index in [1.807, 2.05) is 0 Å². The van der Waals surface area contributed by atoms with Gasteiger partial charge >= 0.3 is 6.09 Å². The Kier molecular flexibility index (Phi) is 5.10. The largest absolute Gasteiger partial charge is 0.444 e. The highest BCUT2D eigenvalue weighted by Crippen LogP contribution is 2.22. The summed E-state index contributed by atoms with van der Waals surface area (Å²) in [5.74, 6) is 0. The van der Waals surface area contributed by atoms with Crippen LogP contribution in [0.2, 0.25) is 5.02 Å². The van der Waals surface area contributed by atoms with Crippen LogP contribution in [0, 0.1) is 0 Å². The minimum Gasteiger partial charge on any atom is -0.444 e. The Balaban J connectivity index is 2.89. The van der Waals surface area contributed by atoms with Gasteiger partial charge in [-0.15, -0.1) is 0 Å². The number of amides is 1. The van der Waals surface area contributed by atoms with Crippen LogP contribution in [-0.2, 0) is 16.1 Å². The molecule has 0 saturated heterocycles. The molecule has 0 aliphatic carbocycles. The van der Waals surface area contributed by atoms with Gasteiger partial charge < -0.3 is 4.74 Å². The molecule has 0 saturated carbocycles. The molecule has 0 aliphatic heterocycles. The van der Waals surface area contributed by atoms with Crippen LogP contribution in [0.5, 0.6) is 0 Å². The van der Waals surface area contributed by atoms with Crippen molar-refractivity contribution in [1.29, 1.82) is 0 Å². The zero-order chi connectivity index (χ0) is 14.5. The van der Waals surface area contributed by atoms with Crippen LogP contribution in [-0.4, -0.2) is 17.8 Å². The zero-order valence-electron chi connectivity index (χ0n) is 11.0. The average Bonchev–Trinajstić information content (AvgIpc) is 2.25. The summed E-state index contributed by atoms with van der Waals surface area (Å²) in [7, 11) is 0. The Morgan fingerprint density at radius 2 is 2.16 bits per heavy atom. The molecule has 0 fully saturated rings. The molecule has 0 bridgehead atoms. The van der Waals surface area contributed by atoms with E-state index in [1.165, 1.54) is 6.08 Å². The Hall–Kier alpha value is -1.84. The molecule has 102 valence electrons. The van der Waals surface area contributed by atoms with Gasteiger partial charge in [-0.1, -0.05) is 17.7 Å². The lowest BCUT2D eigenvalue weighted by molar-refractivity contribution is 0.0636. The molecule has 0 atom stereocenters. The van der Waals surface area contributed by atoms with Gasteiger partial charge in [0, 0.05) is 5.02 Å². The van der Waals surface area contributed by atoms with E-state index in [0.717, 1.165) is 0 Å². The summed E-state index contributed by atoms with van der Waals surface area (Å²) < 4.78 is 5.14. The van der Waals surface area contributed by atoms with Gasteiger partial charge in [-0.25, -0.2) is 14.6 Å². The minimum absolute atomic E-state index is 0.117. The smallest absolute Gasteiger partial charge is 0.412 e. The molecule has 0 aromatic heterocycles. The molecule has 1 N–H and O–H groups in total. The third-order valence-electron chi connectivity index (χ3n) is 2.02. The molecule has 1 amide bonds. The van der Waals surface area contributed by atoms with Crippen LogP contribution in [0.25, 0.3) is 0 Å². The van der Waals surface area contributed by atoms with Gasteiger partial charge in [0.25, 0.3) is 0 Å². The number of nitrogens with one attached hydrogen (secondary N) is 1. The van der Waals surface area contributed by atoms with E-state index in [9.17, 15) is 9.59 Å². The number of ether oxygens (including phenoxy) is 1. The number of rotatable bonds is 3. The molecule has 0 unspecified atom stereocenters. The van der Waals surface area contributed by atoms with Gasteiger partial charge in [0.05, 0.1) is 12.2 Å². The predicted octanol–water partition coefficient (Wildman–Crippen LogP) is 3.52. The molecule has 0 heterocycles. The van der Waals surface area contributed by atoms with Crippen molar-refractivity contribution in [2.45, 2.75) is 32.9 Å². The predicted molar refractivity (Wildman–Crippen MR) is 73.1 cm³/mol. The minimum atomic E-state index is -0.593. The number of benzene rings is 1. The first-order valence-electron chi connectivity index (χ1n) is 5.64. The Morgan fingerprint density at radius 1 is 1.47 bits per heavy atom. The summed E-state index contributed by atoms with van der Waals surface area (Å²) in [6, 6.07) is 4.90. The van der Waals surface area contributed by atoms with Gasteiger partial charge in [0.2, 0.25) is 6.08 Å². The number of anilines is 1. The van der Waals surface area contributed by atoms with E-state index in [4.69, 9.17) is 16.3 Å². The van der Waals surface area contributed by atoms with Crippen LogP contribution in [0.15, 0.2) is 23.2 Å². The number of nitrogens with zero attached hydrogens (tertiary/aromatic N) is 1. The quantitative estimate of drug-likeness (QED) is 0.681. The number of carbonyl (C=O) groups excluding carboxylic acids is 2. The maximum absolute atomic E-state index is 11.7. The van der Waals surface area contributed by atoms with Crippen molar-refractivity contribution in [2.75, 3.05) is 5.32 Å². The molecule has 6 heteroatoms. The maximum Gasteiger partial charge on any atom is 0.412 e. The number of carbonyl (C=O) groups is 1. The zero-order valence-corrected chi connectivity index (χ0v) is 11.7. The Labute approximate surface area is 116 Å². The number of halogens is 1. The van der Waals surface area contributed by atoms with Crippen LogP contribution in [0.1, 0.15) is 26.3 Å². The van der Waals surface area contributed by atoms with Gasteiger partial charge in [0.15, 0.2) is 0 Å². The summed E-state index contributed by atoms with van der Waals surface area (Å²) in [5, 5.41) is 3.04. The molecule has 19 heavy (non-hydrogen) atoms. The van der Waals surface area contributed by atoms with Crippen molar-refractivity contribution in [2.24, 2.45) is 4.99 Å². The van der Waals surface area contributed by atoms with Crippen LogP contribution >= 0.6 is 11.6 Å². The fraction of sp³-hybridized carbons (Fsp3) is 0.385. The summed E-state index contributed by atoms with van der Waals surface area (Å²) in [4.78, 5) is 25.3. The molecule has 1 rings (SSSR count). The standard InChI is InChI=1S/C13H15ClN2O3/c1-13(2,3)19-12(18)16-11-6-10(14)5-4-9(11)7-15-8-17/h4-6H,7H2,1-3H3,(H,16,18). The Morgan fingerprint density at radius 3 is 2.74 bits per heavy atom. The van der Waals surface area contributed by atoms with Gasteiger partial charge in [-0.05, 0) is 38.5 Å². The van der Waals surface area contributed by atoms with Crippen LogP contribution in [0.3, 0.4) is 0 Å². The monoisotopic (exact) mass is 282 g/mol. The summed E-state index contributed by atoms with van der Waals surface area (Å²) in [5.41, 5.74) is 0.517. The SMILES string of the molecule is CC(C)(C)OC(=O)Nc1cc(Cl)ccc1CN=C=O. The fourth-order valence-corrected chi connectivity index (χ4v) is 1.51. The fourth-order valence-electron chi connectivity index (χ4n) is 1.33. The highest BCUT2D eigenvalue weighted by Gasteiger charge is 2.17. The van der Waals surface area contributed by atoms with E-state index in [1.54, 1.807) is 39.0 Å². The number of hydrogen-bond donors (Lipinski definition) is 1. The summed E-state index contributed by atoms with van der Waals surface area (Å²) in [6.07, 6.45) is 0.856. The van der Waals surface area contributed by atoms with Crippen LogP contribution < -0.4 is 5.32 Å². The molecule has 1 aromatic rings. The first-order chi connectivity index (χ1) is 8.81. The van der Waals surface area contributed by atoms with E-state index < -0.39 is 11.7 Å². The van der Waals surface area contributed by atoms with Gasteiger partial charge in [-0.3, -0.25) is 5.32 Å². The average molecular weight is 283 g/mol. The molecular formula is C13H15ClN2O3.